The molecule has 1 atom stereocenters. The zero-order chi connectivity index (χ0) is 18.4. The maximum atomic E-state index is 13.6. The zero-order valence-corrected chi connectivity index (χ0v) is 12.3. The minimum atomic E-state index is -6.11. The van der Waals surface area contributed by atoms with Crippen LogP contribution >= 0.6 is 0 Å². The second-order valence-corrected chi connectivity index (χ2v) is 5.96. The third-order valence-corrected chi connectivity index (χ3v) is 3.31. The Morgan fingerprint density at radius 2 is 1.48 bits per heavy atom. The largest absolute Gasteiger partial charge is 0.553 e. The number of phenolic OH excluding ortho intramolecular Hbond substituents is 1. The first-order valence-electron chi connectivity index (χ1n) is 6.22. The van der Waals surface area contributed by atoms with E-state index in [1.807, 2.05) is 0 Å². The second kappa shape index (κ2) is 5.29. The molecule has 0 amide bonds. The molecule has 1 unspecified atom stereocenters. The summed E-state index contributed by atoms with van der Waals surface area (Å²) in [6, 6.07) is -3.38. The van der Waals surface area contributed by atoms with E-state index in [2.05, 4.69) is 0 Å². The summed E-state index contributed by atoms with van der Waals surface area (Å²) in [7, 11) is 0. The lowest BCUT2D eigenvalue weighted by Gasteiger charge is -2.33. The van der Waals surface area contributed by atoms with Gasteiger partial charge in [-0.1, -0.05) is 39.0 Å². The molecule has 0 spiro atoms. The number of hydrogen-bond donors (Lipinski definition) is 2. The SMILES string of the molecule is CC(C)(C)c1cccc(C(O)(C(F)(F)F)C(F)(F)[N+](=O)[O-])c1O. The van der Waals surface area contributed by atoms with Crippen LogP contribution < -0.4 is 0 Å². The summed E-state index contributed by atoms with van der Waals surface area (Å²) in [5, 5.41) is 30.0. The summed E-state index contributed by atoms with van der Waals surface area (Å²) >= 11 is 0. The summed E-state index contributed by atoms with van der Waals surface area (Å²) < 4.78 is 66.5. The Bertz CT molecular complexity index is 624. The maximum absolute atomic E-state index is 13.6. The monoisotopic (exact) mass is 343 g/mol. The van der Waals surface area contributed by atoms with Crippen LogP contribution in [0.4, 0.5) is 22.0 Å². The molecule has 0 heterocycles. The molecule has 10 heteroatoms. The van der Waals surface area contributed by atoms with Crippen molar-refractivity contribution < 1.29 is 37.1 Å². The lowest BCUT2D eigenvalue weighted by molar-refractivity contribution is -0.685. The number of aliphatic hydroxyl groups is 1. The number of para-hydroxylation sites is 1. The van der Waals surface area contributed by atoms with Gasteiger partial charge in [0.15, 0.2) is 0 Å². The molecule has 5 nitrogen and oxygen atoms in total. The van der Waals surface area contributed by atoms with E-state index in [1.54, 1.807) is 0 Å². The van der Waals surface area contributed by atoms with Crippen LogP contribution in [0.15, 0.2) is 18.2 Å². The van der Waals surface area contributed by atoms with Crippen molar-refractivity contribution in [3.05, 3.63) is 39.4 Å². The van der Waals surface area contributed by atoms with Gasteiger partial charge >= 0.3 is 17.8 Å². The molecular weight excluding hydrogens is 329 g/mol. The molecule has 0 radical (unpaired) electrons. The molecule has 0 aromatic heterocycles. The lowest BCUT2D eigenvalue weighted by atomic mass is 9.81. The van der Waals surface area contributed by atoms with E-state index in [0.717, 1.165) is 6.07 Å². The Morgan fingerprint density at radius 3 is 1.83 bits per heavy atom. The summed E-state index contributed by atoms with van der Waals surface area (Å²) in [5.41, 5.74) is -8.01. The van der Waals surface area contributed by atoms with Crippen LogP contribution in [0.25, 0.3) is 0 Å². The van der Waals surface area contributed by atoms with Crippen molar-refractivity contribution in [2.24, 2.45) is 0 Å². The van der Waals surface area contributed by atoms with Crippen molar-refractivity contribution in [1.29, 1.82) is 0 Å². The highest BCUT2D eigenvalue weighted by Crippen LogP contribution is 2.53. The van der Waals surface area contributed by atoms with Gasteiger partial charge in [-0.2, -0.15) is 13.2 Å². The minimum absolute atomic E-state index is 0.183. The standard InChI is InChI=1S/C13H14F5NO4/c1-10(2,3)7-5-4-6-8(9(7)20)11(21,12(14,15)16)13(17,18)19(22)23/h4-6,20-21H,1-3H3. The highest BCUT2D eigenvalue weighted by molar-refractivity contribution is 5.48. The Kier molecular flexibility index (Phi) is 4.39. The zero-order valence-electron chi connectivity index (χ0n) is 12.3. The highest BCUT2D eigenvalue weighted by atomic mass is 19.4. The average Bonchev–Trinajstić information content (AvgIpc) is 2.34. The van der Waals surface area contributed by atoms with Gasteiger partial charge in [0, 0.05) is 5.56 Å². The number of phenols is 1. The van der Waals surface area contributed by atoms with E-state index in [1.165, 1.54) is 26.8 Å². The van der Waals surface area contributed by atoms with E-state index >= 15 is 0 Å². The molecule has 1 aromatic rings. The molecule has 23 heavy (non-hydrogen) atoms. The molecule has 0 saturated carbocycles. The molecule has 0 saturated heterocycles. The molecule has 130 valence electrons. The van der Waals surface area contributed by atoms with Gasteiger partial charge in [0.25, 0.3) is 0 Å². The number of benzene rings is 1. The number of alkyl halides is 5. The molecule has 1 rings (SSSR count). The Hall–Kier alpha value is -1.97. The first-order chi connectivity index (χ1) is 10.1. The molecule has 1 aromatic carbocycles. The van der Waals surface area contributed by atoms with Crippen molar-refractivity contribution in [1.82, 2.24) is 0 Å². The Balaban J connectivity index is 3.83. The van der Waals surface area contributed by atoms with Gasteiger partial charge in [0.2, 0.25) is 0 Å². The average molecular weight is 343 g/mol. The van der Waals surface area contributed by atoms with Crippen molar-refractivity contribution in [3.8, 4) is 5.75 Å². The molecular formula is C13H14F5NO4. The van der Waals surface area contributed by atoms with Gasteiger partial charge in [-0.25, -0.2) is 0 Å². The van der Waals surface area contributed by atoms with Crippen LogP contribution in [0.2, 0.25) is 0 Å². The van der Waals surface area contributed by atoms with Gasteiger partial charge in [-0.15, -0.1) is 8.78 Å². The van der Waals surface area contributed by atoms with Gasteiger partial charge < -0.3 is 10.2 Å². The van der Waals surface area contributed by atoms with Crippen LogP contribution in [-0.2, 0) is 11.0 Å². The predicted molar refractivity (Wildman–Crippen MR) is 68.7 cm³/mol. The van der Waals surface area contributed by atoms with Gasteiger partial charge in [0.1, 0.15) is 5.75 Å². The first-order valence-corrected chi connectivity index (χ1v) is 6.22. The number of rotatable bonds is 3. The number of aromatic hydroxyl groups is 1. The summed E-state index contributed by atoms with van der Waals surface area (Å²) in [6.07, 6.45) is -6.11. The topological polar surface area (TPSA) is 83.6 Å². The number of hydrogen-bond acceptors (Lipinski definition) is 4. The molecule has 0 aliphatic heterocycles. The highest BCUT2D eigenvalue weighted by Gasteiger charge is 2.79. The summed E-state index contributed by atoms with van der Waals surface area (Å²) in [5.74, 6) is -1.28. The van der Waals surface area contributed by atoms with Gasteiger partial charge in [-0.05, 0) is 11.0 Å². The second-order valence-electron chi connectivity index (χ2n) is 5.96. The summed E-state index contributed by atoms with van der Waals surface area (Å²) in [6.45, 7) is 4.43. The van der Waals surface area contributed by atoms with Crippen LogP contribution in [0, 0.1) is 10.1 Å². The van der Waals surface area contributed by atoms with Crippen LogP contribution in [0.1, 0.15) is 31.9 Å². The molecule has 0 fully saturated rings. The number of nitro groups is 1. The molecule has 2 N–H and O–H groups in total. The van der Waals surface area contributed by atoms with E-state index in [0.29, 0.717) is 6.07 Å². The third-order valence-electron chi connectivity index (χ3n) is 3.31. The lowest BCUT2D eigenvalue weighted by Crippen LogP contribution is -2.59. The Labute approximate surface area is 127 Å². The van der Waals surface area contributed by atoms with Crippen LogP contribution in [0.5, 0.6) is 5.75 Å². The molecule has 0 aliphatic rings. The van der Waals surface area contributed by atoms with Crippen molar-refractivity contribution in [2.75, 3.05) is 0 Å². The predicted octanol–water partition coefficient (Wildman–Crippen LogP) is 3.31. The fourth-order valence-electron chi connectivity index (χ4n) is 2.06. The van der Waals surface area contributed by atoms with E-state index in [9.17, 15) is 42.3 Å². The van der Waals surface area contributed by atoms with Crippen LogP contribution in [-0.4, -0.2) is 27.4 Å². The van der Waals surface area contributed by atoms with E-state index < -0.39 is 39.5 Å². The van der Waals surface area contributed by atoms with E-state index in [-0.39, 0.29) is 5.56 Å². The van der Waals surface area contributed by atoms with Crippen molar-refractivity contribution in [2.45, 2.75) is 44.0 Å². The summed E-state index contributed by atoms with van der Waals surface area (Å²) in [4.78, 5) is 7.86. The third kappa shape index (κ3) is 2.82. The number of nitrogens with zero attached hydrogens (tertiary/aromatic N) is 1. The van der Waals surface area contributed by atoms with Gasteiger partial charge in [-0.3, -0.25) is 10.1 Å². The fraction of sp³-hybridized carbons (Fsp3) is 0.538. The maximum Gasteiger partial charge on any atom is 0.553 e. The minimum Gasteiger partial charge on any atom is -0.507 e. The molecule has 0 bridgehead atoms. The van der Waals surface area contributed by atoms with Crippen LogP contribution in [0.3, 0.4) is 0 Å². The quantitative estimate of drug-likeness (QED) is 0.382. The molecule has 0 aliphatic carbocycles. The smallest absolute Gasteiger partial charge is 0.507 e. The fourth-order valence-corrected chi connectivity index (χ4v) is 2.06. The van der Waals surface area contributed by atoms with Gasteiger partial charge in [0.05, 0.1) is 4.92 Å². The Morgan fingerprint density at radius 1 is 1.04 bits per heavy atom. The van der Waals surface area contributed by atoms with Crippen molar-refractivity contribution >= 4 is 0 Å². The normalized spacial score (nSPS) is 16.0. The first kappa shape index (κ1) is 19.1. The number of halogens is 5. The van der Waals surface area contributed by atoms with Crippen molar-refractivity contribution in [3.63, 3.8) is 0 Å². The van der Waals surface area contributed by atoms with E-state index in [4.69, 9.17) is 0 Å².